The molecule has 39 heavy (non-hydrogen) atoms. The van der Waals surface area contributed by atoms with Crippen molar-refractivity contribution in [3.8, 4) is 11.3 Å². The van der Waals surface area contributed by atoms with Crippen molar-refractivity contribution in [2.75, 3.05) is 7.05 Å². The third-order valence-electron chi connectivity index (χ3n) is 5.65. The number of rotatable bonds is 6. The fourth-order valence-electron chi connectivity index (χ4n) is 4.07. The van der Waals surface area contributed by atoms with Crippen LogP contribution in [-0.2, 0) is 26.7 Å². The second-order valence-electron chi connectivity index (χ2n) is 11.0. The monoisotopic (exact) mass is 563 g/mol. The van der Waals surface area contributed by atoms with Crippen LogP contribution in [0.15, 0.2) is 47.6 Å². The Morgan fingerprint density at radius 3 is 2.26 bits per heavy atom. The van der Waals surface area contributed by atoms with E-state index < -0.39 is 62.7 Å². The molecule has 1 amide bonds. The Morgan fingerprint density at radius 2 is 1.72 bits per heavy atom. The van der Waals surface area contributed by atoms with Gasteiger partial charge in [-0.25, -0.2) is 31.4 Å². The Bertz CT molecular complexity index is 1540. The van der Waals surface area contributed by atoms with E-state index >= 15 is 4.39 Å². The lowest BCUT2D eigenvalue weighted by atomic mass is 9.83. The summed E-state index contributed by atoms with van der Waals surface area (Å²) in [5.41, 5.74) is -3.35. The Hall–Kier alpha value is -3.80. The van der Waals surface area contributed by atoms with Gasteiger partial charge in [-0.3, -0.25) is 0 Å². The Labute approximate surface area is 226 Å². The summed E-state index contributed by atoms with van der Waals surface area (Å²) < 4.78 is 64.8. The molecule has 0 radical (unpaired) electrons. The van der Waals surface area contributed by atoms with Gasteiger partial charge in [0.25, 0.3) is 10.0 Å². The molecule has 0 aliphatic heterocycles. The van der Waals surface area contributed by atoms with Gasteiger partial charge in [0.05, 0.1) is 22.6 Å². The number of carboxylic acid groups (broad SMARTS) is 1. The Morgan fingerprint density at radius 1 is 1.08 bits per heavy atom. The van der Waals surface area contributed by atoms with Crippen LogP contribution >= 0.6 is 0 Å². The molecule has 210 valence electrons. The summed E-state index contributed by atoms with van der Waals surface area (Å²) in [4.78, 5) is 28.7. The van der Waals surface area contributed by atoms with E-state index in [2.05, 4.69) is 4.98 Å². The van der Waals surface area contributed by atoms with E-state index in [4.69, 9.17) is 4.74 Å². The van der Waals surface area contributed by atoms with Crippen LogP contribution in [0.2, 0.25) is 0 Å². The number of carbonyl (C=O) groups excluding carboxylic acids is 1. The van der Waals surface area contributed by atoms with E-state index in [-0.39, 0.29) is 21.6 Å². The van der Waals surface area contributed by atoms with Crippen LogP contribution in [-0.4, -0.2) is 52.1 Å². The van der Waals surface area contributed by atoms with Crippen LogP contribution in [0.5, 0.6) is 0 Å². The highest BCUT2D eigenvalue weighted by molar-refractivity contribution is 7.90. The van der Waals surface area contributed by atoms with Gasteiger partial charge in [-0.2, -0.15) is 4.39 Å². The molecule has 9 nitrogen and oxygen atoms in total. The highest BCUT2D eigenvalue weighted by Crippen LogP contribution is 2.37. The first kappa shape index (κ1) is 29.8. The first-order valence-corrected chi connectivity index (χ1v) is 13.4. The summed E-state index contributed by atoms with van der Waals surface area (Å²) >= 11 is 0. The number of hydrogen-bond donors (Lipinski definition) is 1. The fourth-order valence-corrected chi connectivity index (χ4v) is 5.90. The maximum Gasteiger partial charge on any atom is 0.410 e. The van der Waals surface area contributed by atoms with Crippen molar-refractivity contribution >= 4 is 22.1 Å². The minimum absolute atomic E-state index is 0.00311. The Kier molecular flexibility index (Phi) is 7.94. The number of aromatic nitrogens is 2. The third kappa shape index (κ3) is 6.11. The molecule has 0 atom stereocenters. The normalized spacial score (nSPS) is 12.3. The number of pyridine rings is 1. The topological polar surface area (TPSA) is 119 Å². The minimum atomic E-state index is -4.71. The molecule has 2 aromatic heterocycles. The lowest BCUT2D eigenvalue weighted by molar-refractivity contribution is 0.0283. The van der Waals surface area contributed by atoms with E-state index in [0.29, 0.717) is 3.97 Å². The van der Waals surface area contributed by atoms with Crippen molar-refractivity contribution in [2.45, 2.75) is 64.0 Å². The first-order chi connectivity index (χ1) is 17.9. The quantitative estimate of drug-likeness (QED) is 0.397. The zero-order valence-corrected chi connectivity index (χ0v) is 23.6. The van der Waals surface area contributed by atoms with Gasteiger partial charge in [0.15, 0.2) is 5.82 Å². The molecule has 0 fully saturated rings. The summed E-state index contributed by atoms with van der Waals surface area (Å²) in [6, 6.07) is 6.26. The predicted molar refractivity (Wildman–Crippen MR) is 140 cm³/mol. The smallest absolute Gasteiger partial charge is 0.410 e. The summed E-state index contributed by atoms with van der Waals surface area (Å²) in [6.45, 7) is 9.50. The SMILES string of the molecule is CN(Cc1cn(S(=O)(=O)c2cccc(C(=O)O)c2C(C)(C)C)c(-c2cccnc2F)c1F)C(=O)OC(C)(C)C. The summed E-state index contributed by atoms with van der Waals surface area (Å²) in [7, 11) is -3.36. The first-order valence-electron chi connectivity index (χ1n) is 11.9. The molecule has 0 spiro atoms. The number of carboxylic acids is 1. The van der Waals surface area contributed by atoms with Crippen LogP contribution in [0.1, 0.15) is 63.0 Å². The van der Waals surface area contributed by atoms with Crippen molar-refractivity contribution in [3.05, 3.63) is 71.2 Å². The molecular weight excluding hydrogens is 532 g/mol. The molecule has 0 aliphatic carbocycles. The summed E-state index contributed by atoms with van der Waals surface area (Å²) in [6.07, 6.45) is 1.30. The molecule has 0 saturated heterocycles. The largest absolute Gasteiger partial charge is 0.478 e. The van der Waals surface area contributed by atoms with Gasteiger partial charge >= 0.3 is 12.1 Å². The number of hydrogen-bond acceptors (Lipinski definition) is 6. The van der Waals surface area contributed by atoms with E-state index in [1.54, 1.807) is 41.5 Å². The van der Waals surface area contributed by atoms with Gasteiger partial charge in [0.1, 0.15) is 11.3 Å². The van der Waals surface area contributed by atoms with Gasteiger partial charge < -0.3 is 14.7 Å². The number of amides is 1. The second-order valence-corrected chi connectivity index (χ2v) is 12.8. The van der Waals surface area contributed by atoms with Gasteiger partial charge in [-0.1, -0.05) is 26.8 Å². The molecule has 0 unspecified atom stereocenters. The fraction of sp³-hybridized carbons (Fsp3) is 0.370. The predicted octanol–water partition coefficient (Wildman–Crippen LogP) is 5.43. The number of benzene rings is 1. The summed E-state index contributed by atoms with van der Waals surface area (Å²) in [5, 5.41) is 9.77. The molecule has 2 heterocycles. The van der Waals surface area contributed by atoms with E-state index in [1.807, 2.05) is 0 Å². The van der Waals surface area contributed by atoms with Crippen molar-refractivity contribution in [3.63, 3.8) is 0 Å². The van der Waals surface area contributed by atoms with E-state index in [0.717, 1.165) is 17.3 Å². The molecule has 1 aromatic carbocycles. The molecule has 0 saturated carbocycles. The Balaban J connectivity index is 2.30. The maximum absolute atomic E-state index is 16.0. The van der Waals surface area contributed by atoms with E-state index in [1.165, 1.54) is 37.4 Å². The molecule has 1 N–H and O–H groups in total. The number of aromatic carboxylic acids is 1. The number of carbonyl (C=O) groups is 2. The molecule has 0 bridgehead atoms. The minimum Gasteiger partial charge on any atom is -0.478 e. The van der Waals surface area contributed by atoms with Crippen molar-refractivity contribution in [1.82, 2.24) is 13.9 Å². The third-order valence-corrected chi connectivity index (χ3v) is 7.36. The molecule has 3 rings (SSSR count). The standard InChI is InChI=1S/C27H31F2N3O6S/c1-26(2,3)20-17(24(33)34)10-8-12-19(20)39(36,37)32-15-16(14-31(7)25(35)38-27(4,5)6)21(28)22(32)18-11-9-13-30-23(18)29/h8-13,15H,14H2,1-7H3,(H,33,34). The van der Waals surface area contributed by atoms with Crippen molar-refractivity contribution in [1.29, 1.82) is 0 Å². The lowest BCUT2D eigenvalue weighted by Crippen LogP contribution is -2.33. The zero-order chi connectivity index (χ0) is 29.5. The van der Waals surface area contributed by atoms with Crippen molar-refractivity contribution in [2.24, 2.45) is 0 Å². The average Bonchev–Trinajstić information content (AvgIpc) is 3.13. The van der Waals surface area contributed by atoms with Crippen LogP contribution < -0.4 is 0 Å². The zero-order valence-electron chi connectivity index (χ0n) is 22.7. The number of ether oxygens (including phenoxy) is 1. The average molecular weight is 564 g/mol. The molecule has 3 aromatic rings. The summed E-state index contributed by atoms with van der Waals surface area (Å²) in [5.74, 6) is -3.55. The van der Waals surface area contributed by atoms with Gasteiger partial charge in [0.2, 0.25) is 5.95 Å². The maximum atomic E-state index is 16.0. The van der Waals surface area contributed by atoms with Crippen LogP contribution in [0, 0.1) is 11.8 Å². The van der Waals surface area contributed by atoms with Gasteiger partial charge in [-0.05, 0) is 56.0 Å². The number of halogens is 2. The second kappa shape index (κ2) is 10.4. The van der Waals surface area contributed by atoms with E-state index in [9.17, 15) is 27.5 Å². The van der Waals surface area contributed by atoms with Gasteiger partial charge in [0, 0.05) is 25.0 Å². The molecule has 12 heteroatoms. The van der Waals surface area contributed by atoms with Crippen LogP contribution in [0.4, 0.5) is 13.6 Å². The van der Waals surface area contributed by atoms with Crippen LogP contribution in [0.25, 0.3) is 11.3 Å². The lowest BCUT2D eigenvalue weighted by Gasteiger charge is -2.25. The highest BCUT2D eigenvalue weighted by atomic mass is 32.2. The van der Waals surface area contributed by atoms with Gasteiger partial charge in [-0.15, -0.1) is 0 Å². The van der Waals surface area contributed by atoms with Crippen molar-refractivity contribution < 1.29 is 36.6 Å². The number of nitrogens with zero attached hydrogens (tertiary/aromatic N) is 3. The highest BCUT2D eigenvalue weighted by Gasteiger charge is 2.35. The molecule has 0 aliphatic rings. The molecular formula is C27H31F2N3O6S. The van der Waals surface area contributed by atoms with Crippen LogP contribution in [0.3, 0.4) is 0 Å².